The molecule has 0 aliphatic carbocycles. The van der Waals surface area contributed by atoms with Crippen LogP contribution in [-0.4, -0.2) is 11.0 Å². The number of hydrogen-bond acceptors (Lipinski definition) is 5. The second kappa shape index (κ2) is 9.11. The molecule has 0 aliphatic rings. The minimum absolute atomic E-state index is 0.0697. The number of carbonyl (C=O) groups is 1. The van der Waals surface area contributed by atoms with Gasteiger partial charge in [0.15, 0.2) is 0 Å². The lowest BCUT2D eigenvalue weighted by Gasteiger charge is -2.06. The average molecular weight is 382 g/mol. The standard InChI is InChI=1S/C23H18N4O2/c1-16-6-5-9-20(12-16)25-23(29)18(15-24)13-17-14-21(10-11-22(17)28)27-26-19-7-3-2-4-8-19/h2-14,28H,1H3,(H,25,29)/b18-13-,27-26?. The minimum Gasteiger partial charge on any atom is -0.507 e. The van der Waals surface area contributed by atoms with Gasteiger partial charge < -0.3 is 10.4 Å². The monoisotopic (exact) mass is 382 g/mol. The number of benzene rings is 3. The van der Waals surface area contributed by atoms with Crippen molar-refractivity contribution in [3.8, 4) is 11.8 Å². The number of anilines is 1. The van der Waals surface area contributed by atoms with Gasteiger partial charge in [-0.2, -0.15) is 15.5 Å². The van der Waals surface area contributed by atoms with E-state index in [4.69, 9.17) is 0 Å². The number of carbonyl (C=O) groups excluding carboxylic acids is 1. The fourth-order valence-corrected chi connectivity index (χ4v) is 2.56. The van der Waals surface area contributed by atoms with Gasteiger partial charge in [-0.05, 0) is 61.0 Å². The Kier molecular flexibility index (Phi) is 6.13. The molecule has 29 heavy (non-hydrogen) atoms. The molecule has 0 saturated heterocycles. The fourth-order valence-electron chi connectivity index (χ4n) is 2.56. The van der Waals surface area contributed by atoms with Gasteiger partial charge in [0.2, 0.25) is 0 Å². The Morgan fingerprint density at radius 3 is 2.48 bits per heavy atom. The number of hydrogen-bond donors (Lipinski definition) is 2. The maximum atomic E-state index is 12.4. The van der Waals surface area contributed by atoms with Crippen LogP contribution in [0.25, 0.3) is 6.08 Å². The Bertz CT molecular complexity index is 1130. The number of phenolic OH excluding ortho intramolecular Hbond substituents is 1. The van der Waals surface area contributed by atoms with Crippen LogP contribution in [-0.2, 0) is 4.79 Å². The summed E-state index contributed by atoms with van der Waals surface area (Å²) < 4.78 is 0. The smallest absolute Gasteiger partial charge is 0.266 e. The molecule has 0 bridgehead atoms. The fraction of sp³-hybridized carbons (Fsp3) is 0.0435. The van der Waals surface area contributed by atoms with Crippen LogP contribution in [0.5, 0.6) is 5.75 Å². The molecule has 0 radical (unpaired) electrons. The van der Waals surface area contributed by atoms with Crippen LogP contribution in [0.4, 0.5) is 17.1 Å². The molecule has 2 N–H and O–H groups in total. The van der Waals surface area contributed by atoms with Gasteiger partial charge in [-0.3, -0.25) is 4.79 Å². The second-order valence-electron chi connectivity index (χ2n) is 6.27. The molecule has 6 heteroatoms. The third kappa shape index (κ3) is 5.37. The molecule has 0 unspecified atom stereocenters. The highest BCUT2D eigenvalue weighted by molar-refractivity contribution is 6.09. The molecule has 0 aromatic heterocycles. The Morgan fingerprint density at radius 1 is 1.00 bits per heavy atom. The molecule has 3 rings (SSSR count). The first-order chi connectivity index (χ1) is 14.0. The summed E-state index contributed by atoms with van der Waals surface area (Å²) >= 11 is 0. The van der Waals surface area contributed by atoms with Crippen molar-refractivity contribution >= 4 is 29.0 Å². The zero-order chi connectivity index (χ0) is 20.6. The van der Waals surface area contributed by atoms with Gasteiger partial charge in [0.25, 0.3) is 5.91 Å². The number of nitrogens with one attached hydrogen (secondary N) is 1. The summed E-state index contributed by atoms with van der Waals surface area (Å²) in [6.45, 7) is 1.91. The van der Waals surface area contributed by atoms with Crippen LogP contribution in [0, 0.1) is 18.3 Å². The zero-order valence-corrected chi connectivity index (χ0v) is 15.7. The van der Waals surface area contributed by atoms with E-state index < -0.39 is 5.91 Å². The van der Waals surface area contributed by atoms with Gasteiger partial charge in [-0.25, -0.2) is 0 Å². The van der Waals surface area contributed by atoms with Crippen LogP contribution < -0.4 is 5.32 Å². The molecule has 3 aromatic carbocycles. The van der Waals surface area contributed by atoms with Gasteiger partial charge in [0.1, 0.15) is 17.4 Å². The van der Waals surface area contributed by atoms with Gasteiger partial charge in [0.05, 0.1) is 11.4 Å². The number of amides is 1. The van der Waals surface area contributed by atoms with Crippen molar-refractivity contribution in [1.82, 2.24) is 0 Å². The van der Waals surface area contributed by atoms with Crippen LogP contribution >= 0.6 is 0 Å². The number of nitriles is 1. The maximum absolute atomic E-state index is 12.4. The molecule has 0 atom stereocenters. The summed E-state index contributed by atoms with van der Waals surface area (Å²) in [5, 5.41) is 30.5. The Morgan fingerprint density at radius 2 is 1.76 bits per heavy atom. The summed E-state index contributed by atoms with van der Waals surface area (Å²) in [6.07, 6.45) is 1.32. The molecule has 6 nitrogen and oxygen atoms in total. The molecule has 3 aromatic rings. The van der Waals surface area contributed by atoms with Gasteiger partial charge in [0, 0.05) is 11.3 Å². The summed E-state index contributed by atoms with van der Waals surface area (Å²) in [4.78, 5) is 12.4. The van der Waals surface area contributed by atoms with Crippen LogP contribution in [0.2, 0.25) is 0 Å². The molecule has 0 saturated carbocycles. The van der Waals surface area contributed by atoms with E-state index >= 15 is 0 Å². The summed E-state index contributed by atoms with van der Waals surface area (Å²) in [5.74, 6) is -0.631. The average Bonchev–Trinajstić information content (AvgIpc) is 2.73. The highest BCUT2D eigenvalue weighted by Gasteiger charge is 2.11. The largest absolute Gasteiger partial charge is 0.507 e. The van der Waals surface area contributed by atoms with Gasteiger partial charge in [-0.15, -0.1) is 0 Å². The van der Waals surface area contributed by atoms with E-state index in [0.717, 1.165) is 5.56 Å². The minimum atomic E-state index is -0.561. The van der Waals surface area contributed by atoms with Crippen molar-refractivity contribution in [3.05, 3.63) is 89.5 Å². The van der Waals surface area contributed by atoms with Crippen LogP contribution in [0.15, 0.2) is 88.6 Å². The molecule has 0 fully saturated rings. The number of aryl methyl sites for hydroxylation is 1. The molecular formula is C23H18N4O2. The molecule has 0 spiro atoms. The van der Waals surface area contributed by atoms with Crippen LogP contribution in [0.1, 0.15) is 11.1 Å². The number of nitrogens with zero attached hydrogens (tertiary/aromatic N) is 3. The lowest BCUT2D eigenvalue weighted by Crippen LogP contribution is -2.13. The molecule has 0 heterocycles. The topological polar surface area (TPSA) is 97.8 Å². The SMILES string of the molecule is Cc1cccc(NC(=O)/C(C#N)=C\c2cc(N=Nc3ccccc3)ccc2O)c1. The summed E-state index contributed by atoms with van der Waals surface area (Å²) in [6, 6.07) is 22.9. The highest BCUT2D eigenvalue weighted by Crippen LogP contribution is 2.27. The van der Waals surface area contributed by atoms with E-state index in [2.05, 4.69) is 15.5 Å². The van der Waals surface area contributed by atoms with Crippen molar-refractivity contribution in [2.24, 2.45) is 10.2 Å². The van der Waals surface area contributed by atoms with Crippen molar-refractivity contribution in [3.63, 3.8) is 0 Å². The van der Waals surface area contributed by atoms with Crippen molar-refractivity contribution in [2.75, 3.05) is 5.32 Å². The van der Waals surface area contributed by atoms with Crippen molar-refractivity contribution in [2.45, 2.75) is 6.92 Å². The molecule has 1 amide bonds. The Labute approximate surface area is 168 Å². The van der Waals surface area contributed by atoms with Crippen molar-refractivity contribution in [1.29, 1.82) is 5.26 Å². The van der Waals surface area contributed by atoms with Crippen molar-refractivity contribution < 1.29 is 9.90 Å². The summed E-state index contributed by atoms with van der Waals surface area (Å²) in [5.41, 5.74) is 2.90. The molecule has 0 aliphatic heterocycles. The third-order valence-electron chi connectivity index (χ3n) is 3.99. The molecule has 142 valence electrons. The first kappa shape index (κ1) is 19.5. The predicted molar refractivity (Wildman–Crippen MR) is 112 cm³/mol. The quantitative estimate of drug-likeness (QED) is 0.338. The molecular weight excluding hydrogens is 364 g/mol. The van der Waals surface area contributed by atoms with E-state index in [1.165, 1.54) is 12.1 Å². The summed E-state index contributed by atoms with van der Waals surface area (Å²) in [7, 11) is 0. The zero-order valence-electron chi connectivity index (χ0n) is 15.7. The van der Waals surface area contributed by atoms with Gasteiger partial charge >= 0.3 is 0 Å². The lowest BCUT2D eigenvalue weighted by atomic mass is 10.1. The van der Waals surface area contributed by atoms with E-state index in [0.29, 0.717) is 22.6 Å². The van der Waals surface area contributed by atoms with Crippen LogP contribution in [0.3, 0.4) is 0 Å². The predicted octanol–water partition coefficient (Wildman–Crippen LogP) is 5.66. The maximum Gasteiger partial charge on any atom is 0.266 e. The first-order valence-corrected chi connectivity index (χ1v) is 8.85. The van der Waals surface area contributed by atoms with E-state index in [-0.39, 0.29) is 11.3 Å². The number of azo groups is 1. The second-order valence-corrected chi connectivity index (χ2v) is 6.27. The van der Waals surface area contributed by atoms with E-state index in [1.807, 2.05) is 55.5 Å². The van der Waals surface area contributed by atoms with Gasteiger partial charge in [-0.1, -0.05) is 30.3 Å². The third-order valence-corrected chi connectivity index (χ3v) is 3.99. The Balaban J connectivity index is 1.84. The van der Waals surface area contributed by atoms with E-state index in [9.17, 15) is 15.2 Å². The number of phenols is 1. The highest BCUT2D eigenvalue weighted by atomic mass is 16.3. The number of aromatic hydroxyl groups is 1. The van der Waals surface area contributed by atoms with E-state index in [1.54, 1.807) is 24.3 Å². The number of rotatable bonds is 5. The lowest BCUT2D eigenvalue weighted by molar-refractivity contribution is -0.112. The normalized spacial score (nSPS) is 11.2. The first-order valence-electron chi connectivity index (χ1n) is 8.85. The Hall–Kier alpha value is -4.24.